The summed E-state index contributed by atoms with van der Waals surface area (Å²) < 4.78 is 9.10. The molecule has 0 unspecified atom stereocenters. The Morgan fingerprint density at radius 1 is 1.32 bits per heavy atom. The van der Waals surface area contributed by atoms with Crippen LogP contribution >= 0.6 is 0 Å². The average molecular weight is 383 g/mol. The predicted molar refractivity (Wildman–Crippen MR) is 101 cm³/mol. The second kappa shape index (κ2) is 6.88. The van der Waals surface area contributed by atoms with E-state index in [-0.39, 0.29) is 11.9 Å². The van der Waals surface area contributed by atoms with Crippen LogP contribution in [0.4, 0.5) is 0 Å². The van der Waals surface area contributed by atoms with Gasteiger partial charge in [-0.1, -0.05) is 5.16 Å². The van der Waals surface area contributed by atoms with E-state index in [0.29, 0.717) is 25.3 Å². The highest BCUT2D eigenvalue weighted by molar-refractivity contribution is 5.80. The van der Waals surface area contributed by atoms with E-state index in [9.17, 15) is 4.79 Å². The van der Waals surface area contributed by atoms with E-state index >= 15 is 0 Å². The molecule has 28 heavy (non-hydrogen) atoms. The number of carbonyl (C=O) groups excluding carboxylic acids is 1. The SMILES string of the molecule is Cc1noc(C)c1CC(=O)N1CCc2c(c(-c3nncn3C(C)C)nn2C)C1. The first kappa shape index (κ1) is 18.4. The average Bonchev–Trinajstić information content (AvgIpc) is 3.35. The molecule has 0 aromatic carbocycles. The van der Waals surface area contributed by atoms with E-state index in [1.807, 2.05) is 35.0 Å². The fourth-order valence-electron chi connectivity index (χ4n) is 3.79. The zero-order chi connectivity index (χ0) is 20.0. The number of rotatable bonds is 4. The number of hydrogen-bond acceptors (Lipinski definition) is 6. The lowest BCUT2D eigenvalue weighted by atomic mass is 10.0. The quantitative estimate of drug-likeness (QED) is 0.684. The molecule has 1 aliphatic heterocycles. The molecule has 1 amide bonds. The number of amides is 1. The minimum Gasteiger partial charge on any atom is -0.361 e. The van der Waals surface area contributed by atoms with Crippen molar-refractivity contribution in [3.05, 3.63) is 34.6 Å². The van der Waals surface area contributed by atoms with Crippen LogP contribution in [0.3, 0.4) is 0 Å². The van der Waals surface area contributed by atoms with E-state index in [1.54, 1.807) is 6.33 Å². The normalized spacial score (nSPS) is 14.0. The van der Waals surface area contributed by atoms with Gasteiger partial charge in [0.25, 0.3) is 0 Å². The molecule has 0 radical (unpaired) electrons. The van der Waals surface area contributed by atoms with E-state index in [4.69, 9.17) is 9.62 Å². The van der Waals surface area contributed by atoms with Gasteiger partial charge >= 0.3 is 0 Å². The molecule has 0 aliphatic carbocycles. The van der Waals surface area contributed by atoms with Gasteiger partial charge in [0.1, 0.15) is 17.8 Å². The zero-order valence-electron chi connectivity index (χ0n) is 16.9. The summed E-state index contributed by atoms with van der Waals surface area (Å²) in [6.07, 6.45) is 2.79. The Balaban J connectivity index is 1.63. The molecule has 3 aromatic rings. The van der Waals surface area contributed by atoms with E-state index in [0.717, 1.165) is 40.5 Å². The summed E-state index contributed by atoms with van der Waals surface area (Å²) in [5.74, 6) is 1.52. The second-order valence-electron chi connectivity index (χ2n) is 7.60. The summed E-state index contributed by atoms with van der Waals surface area (Å²) >= 11 is 0. The lowest BCUT2D eigenvalue weighted by Crippen LogP contribution is -2.37. The maximum absolute atomic E-state index is 13.0. The van der Waals surface area contributed by atoms with Crippen molar-refractivity contribution in [2.75, 3.05) is 6.54 Å². The lowest BCUT2D eigenvalue weighted by molar-refractivity contribution is -0.131. The van der Waals surface area contributed by atoms with Crippen LogP contribution in [0.2, 0.25) is 0 Å². The minimum absolute atomic E-state index is 0.0696. The van der Waals surface area contributed by atoms with Crippen molar-refractivity contribution in [1.29, 1.82) is 0 Å². The zero-order valence-corrected chi connectivity index (χ0v) is 16.9. The molecule has 4 rings (SSSR count). The topological polar surface area (TPSA) is 94.9 Å². The number of nitrogens with zero attached hydrogens (tertiary/aromatic N) is 7. The van der Waals surface area contributed by atoms with Crippen LogP contribution in [0.1, 0.15) is 48.2 Å². The van der Waals surface area contributed by atoms with Crippen molar-refractivity contribution < 1.29 is 9.32 Å². The van der Waals surface area contributed by atoms with E-state index < -0.39 is 0 Å². The molecule has 148 valence electrons. The highest BCUT2D eigenvalue weighted by Gasteiger charge is 2.30. The summed E-state index contributed by atoms with van der Waals surface area (Å²) in [5.41, 5.74) is 4.65. The Morgan fingerprint density at radius 2 is 2.11 bits per heavy atom. The fourth-order valence-corrected chi connectivity index (χ4v) is 3.79. The summed E-state index contributed by atoms with van der Waals surface area (Å²) in [6, 6.07) is 0.225. The molecule has 3 aromatic heterocycles. The van der Waals surface area contributed by atoms with Crippen LogP contribution in [0.5, 0.6) is 0 Å². The first-order valence-electron chi connectivity index (χ1n) is 9.51. The standard InChI is InChI=1S/C19H25N7O2/c1-11(2)26-10-20-21-19(26)18-15-9-25(7-6-16(15)24(5)22-18)17(27)8-14-12(3)23-28-13(14)4/h10-11H,6-9H2,1-5H3. The van der Waals surface area contributed by atoms with Gasteiger partial charge in [-0.3, -0.25) is 9.48 Å². The number of aromatic nitrogens is 6. The van der Waals surface area contributed by atoms with Crippen molar-refractivity contribution in [2.24, 2.45) is 7.05 Å². The van der Waals surface area contributed by atoms with Crippen molar-refractivity contribution in [2.45, 2.75) is 53.1 Å². The van der Waals surface area contributed by atoms with Gasteiger partial charge in [0.05, 0.1) is 12.1 Å². The molecule has 4 heterocycles. The monoisotopic (exact) mass is 383 g/mol. The molecular formula is C19H25N7O2. The third-order valence-electron chi connectivity index (χ3n) is 5.45. The van der Waals surface area contributed by atoms with Crippen LogP contribution in [0, 0.1) is 13.8 Å². The first-order chi connectivity index (χ1) is 13.4. The minimum atomic E-state index is 0.0696. The van der Waals surface area contributed by atoms with Gasteiger partial charge in [-0.05, 0) is 27.7 Å². The fraction of sp³-hybridized carbons (Fsp3) is 0.526. The highest BCUT2D eigenvalue weighted by Crippen LogP contribution is 2.30. The Morgan fingerprint density at radius 3 is 2.79 bits per heavy atom. The number of hydrogen-bond donors (Lipinski definition) is 0. The predicted octanol–water partition coefficient (Wildman–Crippen LogP) is 1.99. The van der Waals surface area contributed by atoms with Gasteiger partial charge < -0.3 is 14.0 Å². The number of fused-ring (bicyclic) bond motifs is 1. The Labute approximate surface area is 163 Å². The highest BCUT2D eigenvalue weighted by atomic mass is 16.5. The van der Waals surface area contributed by atoms with Gasteiger partial charge in [-0.15, -0.1) is 10.2 Å². The van der Waals surface area contributed by atoms with Crippen LogP contribution in [0.15, 0.2) is 10.9 Å². The van der Waals surface area contributed by atoms with Crippen LogP contribution in [-0.4, -0.2) is 47.1 Å². The van der Waals surface area contributed by atoms with Crippen LogP contribution in [0.25, 0.3) is 11.5 Å². The Kier molecular flexibility index (Phi) is 4.52. The molecule has 0 fully saturated rings. The molecule has 9 nitrogen and oxygen atoms in total. The Bertz CT molecular complexity index is 1010. The second-order valence-corrected chi connectivity index (χ2v) is 7.60. The van der Waals surface area contributed by atoms with Gasteiger partial charge in [-0.25, -0.2) is 0 Å². The number of carbonyl (C=O) groups is 1. The third-order valence-corrected chi connectivity index (χ3v) is 5.45. The van der Waals surface area contributed by atoms with Gasteiger partial charge in [0.2, 0.25) is 5.91 Å². The summed E-state index contributed by atoms with van der Waals surface area (Å²) in [5, 5.41) is 17.0. The number of aryl methyl sites for hydroxylation is 3. The third kappa shape index (κ3) is 3.00. The Hall–Kier alpha value is -2.97. The van der Waals surface area contributed by atoms with Gasteiger partial charge in [-0.2, -0.15) is 5.10 Å². The van der Waals surface area contributed by atoms with Crippen molar-refractivity contribution in [1.82, 2.24) is 34.6 Å². The largest absolute Gasteiger partial charge is 0.361 e. The first-order valence-corrected chi connectivity index (χ1v) is 9.51. The van der Waals surface area contributed by atoms with Crippen molar-refractivity contribution in [3.63, 3.8) is 0 Å². The summed E-state index contributed by atoms with van der Waals surface area (Å²) in [6.45, 7) is 9.07. The lowest BCUT2D eigenvalue weighted by Gasteiger charge is -2.27. The van der Waals surface area contributed by atoms with Crippen molar-refractivity contribution >= 4 is 5.91 Å². The van der Waals surface area contributed by atoms with Gasteiger partial charge in [0, 0.05) is 49.4 Å². The molecule has 0 saturated heterocycles. The summed E-state index contributed by atoms with van der Waals surface area (Å²) in [4.78, 5) is 14.8. The maximum atomic E-state index is 13.0. The summed E-state index contributed by atoms with van der Waals surface area (Å²) in [7, 11) is 1.94. The van der Waals surface area contributed by atoms with E-state index in [1.165, 1.54) is 0 Å². The molecule has 0 atom stereocenters. The molecule has 0 spiro atoms. The van der Waals surface area contributed by atoms with Gasteiger partial charge in [0.15, 0.2) is 5.82 Å². The molecule has 9 heteroatoms. The molecule has 0 N–H and O–H groups in total. The maximum Gasteiger partial charge on any atom is 0.227 e. The molecular weight excluding hydrogens is 358 g/mol. The molecule has 0 bridgehead atoms. The van der Waals surface area contributed by atoms with Crippen LogP contribution < -0.4 is 0 Å². The van der Waals surface area contributed by atoms with E-state index in [2.05, 4.69) is 29.2 Å². The van der Waals surface area contributed by atoms with Crippen LogP contribution in [-0.2, 0) is 31.2 Å². The van der Waals surface area contributed by atoms with Crippen molar-refractivity contribution in [3.8, 4) is 11.5 Å². The smallest absolute Gasteiger partial charge is 0.227 e. The molecule has 1 aliphatic rings. The molecule has 0 saturated carbocycles.